The van der Waals surface area contributed by atoms with Crippen LogP contribution in [0.25, 0.3) is 22.2 Å². The van der Waals surface area contributed by atoms with Crippen LogP contribution in [0.4, 0.5) is 31.2 Å². The third kappa shape index (κ3) is 9.31. The van der Waals surface area contributed by atoms with Gasteiger partial charge in [0.05, 0.1) is 31.5 Å². The molecule has 60 heavy (non-hydrogen) atoms. The van der Waals surface area contributed by atoms with Crippen molar-refractivity contribution in [2.24, 2.45) is 0 Å². The van der Waals surface area contributed by atoms with Crippen molar-refractivity contribution >= 4 is 91.0 Å². The van der Waals surface area contributed by atoms with Crippen molar-refractivity contribution in [1.29, 1.82) is 0 Å². The number of fused-ring (bicyclic) bond motifs is 4. The van der Waals surface area contributed by atoms with Gasteiger partial charge in [0.1, 0.15) is 47.7 Å². The van der Waals surface area contributed by atoms with Gasteiger partial charge in [0, 0.05) is 33.9 Å². The number of aromatic nitrogens is 7. The number of rotatable bonds is 9. The smallest absolute Gasteiger partial charge is 0.407 e. The monoisotopic (exact) mass is 935 g/mol. The summed E-state index contributed by atoms with van der Waals surface area (Å²) in [5.41, 5.74) is 7.72. The van der Waals surface area contributed by atoms with Gasteiger partial charge in [-0.2, -0.15) is 9.97 Å². The Bertz CT molecular complexity index is 2350. The number of halogens is 2. The van der Waals surface area contributed by atoms with Crippen molar-refractivity contribution < 1.29 is 55.7 Å². The summed E-state index contributed by atoms with van der Waals surface area (Å²) in [6.07, 6.45) is -7.58. The Morgan fingerprint density at radius 3 is 2.50 bits per heavy atom. The summed E-state index contributed by atoms with van der Waals surface area (Å²) < 4.78 is 76.0. The molecule has 0 aliphatic carbocycles. The molecule has 0 saturated carbocycles. The maximum atomic E-state index is 16.6. The van der Waals surface area contributed by atoms with Crippen LogP contribution >= 0.6 is 13.4 Å². The molecule has 3 saturated heterocycles. The van der Waals surface area contributed by atoms with Crippen LogP contribution in [0.2, 0.25) is 25.7 Å². The number of hydrogen-bond acceptors (Lipinski definition) is 18. The molecule has 4 aliphatic rings. The Balaban J connectivity index is 1.000. The molecule has 2 unspecified atom stereocenters. The zero-order valence-corrected chi connectivity index (χ0v) is 37.0. The molecule has 7 N–H and O–H groups in total. The van der Waals surface area contributed by atoms with Gasteiger partial charge in [0.2, 0.25) is 5.95 Å². The van der Waals surface area contributed by atoms with Crippen LogP contribution in [0, 0.1) is 0 Å². The number of nitrogens with zero attached hydrogens (tertiary/aromatic N) is 7. The Labute approximate surface area is 352 Å². The number of aryl methyl sites for hydroxylation is 1. The number of imidazole rings is 1. The zero-order chi connectivity index (χ0) is 42.6. The SMILES string of the molecule is C[Si](C)(C)CCOC(=O)NCCNc1nc(N)c2ncn([C@@H]3O[C@@H]4COP(O)(=S)O[C@H]5[C@@H](F)[C@H](n6cc7c8c(ncnc86)NCCC7)O[C@@H]5COP(O)(=S)O[C@@H]3[C@@H]4F)c2n1. The number of ether oxygens (including phenoxy) is 3. The van der Waals surface area contributed by atoms with Gasteiger partial charge in [0.25, 0.3) is 0 Å². The number of carbonyl (C=O) groups excluding carboxylic acids is 1. The third-order valence-corrected chi connectivity index (χ3v) is 15.0. The van der Waals surface area contributed by atoms with Crippen LogP contribution < -0.4 is 21.7 Å². The van der Waals surface area contributed by atoms with Crippen LogP contribution in [0.5, 0.6) is 0 Å². The lowest BCUT2D eigenvalue weighted by Crippen LogP contribution is -2.34. The summed E-state index contributed by atoms with van der Waals surface area (Å²) in [4.78, 5) is 56.5. The Hall–Kier alpha value is -3.10. The number of nitrogen functional groups attached to an aromatic ring is 1. The molecule has 28 heteroatoms. The lowest BCUT2D eigenvalue weighted by atomic mass is 10.1. The molecular formula is C32H45F2N11O10P2S2Si. The van der Waals surface area contributed by atoms with Crippen molar-refractivity contribution in [2.75, 3.05) is 55.8 Å². The summed E-state index contributed by atoms with van der Waals surface area (Å²) in [5.74, 6) is 0.621. The van der Waals surface area contributed by atoms with Crippen molar-refractivity contribution in [3.63, 3.8) is 0 Å². The minimum Gasteiger partial charge on any atom is -0.450 e. The van der Waals surface area contributed by atoms with E-state index in [1.54, 1.807) is 6.20 Å². The lowest BCUT2D eigenvalue weighted by molar-refractivity contribution is -0.0598. The first-order chi connectivity index (χ1) is 28.5. The first kappa shape index (κ1) is 43.5. The summed E-state index contributed by atoms with van der Waals surface area (Å²) in [7, 11) is -1.37. The fraction of sp³-hybridized carbons (Fsp3) is 0.625. The summed E-state index contributed by atoms with van der Waals surface area (Å²) >= 11 is 10.6. The van der Waals surface area contributed by atoms with E-state index in [1.165, 1.54) is 21.8 Å². The predicted octanol–water partition coefficient (Wildman–Crippen LogP) is 3.41. The molecule has 0 aromatic carbocycles. The molecule has 0 spiro atoms. The number of anilines is 3. The lowest BCUT2D eigenvalue weighted by Gasteiger charge is -2.27. The van der Waals surface area contributed by atoms with Crippen LogP contribution in [0.15, 0.2) is 18.9 Å². The van der Waals surface area contributed by atoms with E-state index in [9.17, 15) is 14.6 Å². The van der Waals surface area contributed by atoms with E-state index in [-0.39, 0.29) is 36.0 Å². The van der Waals surface area contributed by atoms with Gasteiger partial charge in [0.15, 0.2) is 36.3 Å². The second-order valence-corrected chi connectivity index (χ2v) is 27.0. The first-order valence-corrected chi connectivity index (χ1v) is 28.0. The average Bonchev–Trinajstić information content (AvgIpc) is 3.88. The van der Waals surface area contributed by atoms with E-state index in [2.05, 4.69) is 60.5 Å². The van der Waals surface area contributed by atoms with Crippen LogP contribution in [0.1, 0.15) is 24.4 Å². The molecule has 4 aromatic rings. The molecule has 0 radical (unpaired) electrons. The first-order valence-electron chi connectivity index (χ1n) is 19.1. The van der Waals surface area contributed by atoms with E-state index in [0.29, 0.717) is 31.0 Å². The molecule has 3 fully saturated rings. The maximum absolute atomic E-state index is 16.6. The zero-order valence-electron chi connectivity index (χ0n) is 32.5. The van der Waals surface area contributed by atoms with Crippen LogP contribution in [0.3, 0.4) is 0 Å². The minimum atomic E-state index is -4.38. The predicted molar refractivity (Wildman–Crippen MR) is 222 cm³/mol. The topological polar surface area (TPSA) is 259 Å². The van der Waals surface area contributed by atoms with Crippen LogP contribution in [-0.4, -0.2) is 134 Å². The largest absolute Gasteiger partial charge is 0.450 e. The van der Waals surface area contributed by atoms with Gasteiger partial charge >= 0.3 is 19.5 Å². The molecule has 21 nitrogen and oxygen atoms in total. The van der Waals surface area contributed by atoms with E-state index >= 15 is 8.78 Å². The average molecular weight is 936 g/mol. The molecule has 4 aromatic heterocycles. The second-order valence-electron chi connectivity index (χ2n) is 15.8. The van der Waals surface area contributed by atoms with Crippen molar-refractivity contribution in [2.45, 2.75) is 87.7 Å². The third-order valence-electron chi connectivity index (χ3n) is 10.2. The number of hydrogen-bond donors (Lipinski definition) is 6. The van der Waals surface area contributed by atoms with E-state index < -0.39 is 90.0 Å². The Morgan fingerprint density at radius 1 is 1.00 bits per heavy atom. The van der Waals surface area contributed by atoms with Gasteiger partial charge in [-0.15, -0.1) is 0 Å². The molecule has 8 rings (SSSR count). The molecule has 2 bridgehead atoms. The quantitative estimate of drug-likeness (QED) is 0.0798. The van der Waals surface area contributed by atoms with Gasteiger partial charge in [-0.05, 0) is 48.1 Å². The number of nitrogens with two attached hydrogens (primary N) is 1. The fourth-order valence-electron chi connectivity index (χ4n) is 7.26. The van der Waals surface area contributed by atoms with Crippen molar-refractivity contribution in [1.82, 2.24) is 39.4 Å². The van der Waals surface area contributed by atoms with Crippen LogP contribution in [-0.2, 0) is 62.3 Å². The van der Waals surface area contributed by atoms with E-state index in [4.69, 9.17) is 61.7 Å². The fourth-order valence-corrected chi connectivity index (χ4v) is 10.8. The highest BCUT2D eigenvalue weighted by atomic mass is 32.5. The minimum absolute atomic E-state index is 0.0320. The second kappa shape index (κ2) is 17.2. The molecule has 4 aliphatic heterocycles. The van der Waals surface area contributed by atoms with E-state index in [0.717, 1.165) is 23.4 Å². The highest BCUT2D eigenvalue weighted by Gasteiger charge is 2.54. The number of amides is 1. The summed E-state index contributed by atoms with van der Waals surface area (Å²) in [5, 5.41) is 9.59. The van der Waals surface area contributed by atoms with Gasteiger partial charge in [-0.3, -0.25) is 13.6 Å². The highest BCUT2D eigenvalue weighted by Crippen LogP contribution is 2.55. The molecule has 328 valence electrons. The number of nitrogens with one attached hydrogen (secondary N) is 3. The number of carbonyl (C=O) groups is 1. The Morgan fingerprint density at radius 2 is 1.73 bits per heavy atom. The van der Waals surface area contributed by atoms with Gasteiger partial charge < -0.3 is 59.3 Å². The summed E-state index contributed by atoms with van der Waals surface area (Å²) in [6, 6.07) is 0.834. The van der Waals surface area contributed by atoms with E-state index in [1.807, 2.05) is 0 Å². The number of alkyl carbamates (subject to hydrolysis) is 1. The van der Waals surface area contributed by atoms with Gasteiger partial charge in [-0.1, -0.05) is 19.6 Å². The molecular weight excluding hydrogens is 891 g/mol. The molecule has 1 amide bonds. The normalized spacial score (nSPS) is 32.3. The standard InChI is InChI=1S/C32H45F2N11O10P2S2Si/c1-60(2,3)10-9-49-32(46)38-8-7-37-31-42-25(35)22-28(43-31)45(15-41-22)30-24-20(33)17(52-30)12-50-56(47,58)54-23-18(13-51-57(48,59)55-24)53-29(21(23)34)44-11-16-5-4-6-36-26-19(16)27(44)40-14-39-26/h11,14-15,17-18,20-21,23-24,29-30H,4-10,12-13H2,1-3H3,(H,38,46)(H,47,58)(H,48,59)(H,36,39,40)(H3,35,37,42,43)/t17-,18-,20-,21-,23-,24-,29-,30-,56?,57?/m1/s1. The highest BCUT2D eigenvalue weighted by molar-refractivity contribution is 8.07. The summed E-state index contributed by atoms with van der Waals surface area (Å²) in [6.45, 7) is -2.09. The van der Waals surface area contributed by atoms with Crippen molar-refractivity contribution in [3.8, 4) is 0 Å². The number of alkyl halides is 2. The van der Waals surface area contributed by atoms with Gasteiger partial charge in [-0.25, -0.2) is 28.5 Å². The van der Waals surface area contributed by atoms with Crippen molar-refractivity contribution in [3.05, 3.63) is 24.4 Å². The maximum Gasteiger partial charge on any atom is 0.407 e. The molecule has 10 atom stereocenters. The molecule has 8 heterocycles. The Kier molecular flexibility index (Phi) is 12.5.